The van der Waals surface area contributed by atoms with E-state index in [1.807, 2.05) is 24.3 Å². The van der Waals surface area contributed by atoms with E-state index >= 15 is 0 Å². The van der Waals surface area contributed by atoms with Crippen molar-refractivity contribution in [3.63, 3.8) is 0 Å². The summed E-state index contributed by atoms with van der Waals surface area (Å²) in [4.78, 5) is 10.6. The first-order valence-electron chi connectivity index (χ1n) is 10.7. The van der Waals surface area contributed by atoms with Crippen LogP contribution in [0.2, 0.25) is 0 Å². The molecule has 0 spiro atoms. The van der Waals surface area contributed by atoms with Gasteiger partial charge in [0.15, 0.2) is 6.61 Å². The summed E-state index contributed by atoms with van der Waals surface area (Å²) >= 11 is 0. The molecule has 4 heteroatoms. The predicted molar refractivity (Wildman–Crippen MR) is 114 cm³/mol. The maximum atomic E-state index is 10.6. The van der Waals surface area contributed by atoms with Gasteiger partial charge in [-0.1, -0.05) is 63.7 Å². The first-order chi connectivity index (χ1) is 13.7. The van der Waals surface area contributed by atoms with Crippen LogP contribution in [0.4, 0.5) is 0 Å². The Hall–Kier alpha value is -2.15. The van der Waals surface area contributed by atoms with E-state index in [4.69, 9.17) is 14.2 Å². The topological polar surface area (TPSA) is 44.8 Å². The number of hydrogen-bond acceptors (Lipinski definition) is 4. The summed E-state index contributed by atoms with van der Waals surface area (Å²) in [6.07, 6.45) is 12.0. The molecule has 156 valence electrons. The molecule has 0 heterocycles. The van der Waals surface area contributed by atoms with Gasteiger partial charge < -0.3 is 14.2 Å². The Morgan fingerprint density at radius 2 is 1.32 bits per heavy atom. The van der Waals surface area contributed by atoms with Gasteiger partial charge in [0.25, 0.3) is 0 Å². The highest BCUT2D eigenvalue weighted by Crippen LogP contribution is 2.18. The van der Waals surface area contributed by atoms with E-state index in [-0.39, 0.29) is 12.6 Å². The van der Waals surface area contributed by atoms with Gasteiger partial charge in [0.1, 0.15) is 11.5 Å². The zero-order chi connectivity index (χ0) is 20.3. The first-order valence-corrected chi connectivity index (χ1v) is 10.7. The van der Waals surface area contributed by atoms with Crippen LogP contribution in [0, 0.1) is 11.8 Å². The molecule has 0 atom stereocenters. The van der Waals surface area contributed by atoms with E-state index < -0.39 is 0 Å². The number of rotatable bonds is 15. The van der Waals surface area contributed by atoms with Gasteiger partial charge in [-0.15, -0.1) is 0 Å². The third-order valence-corrected chi connectivity index (χ3v) is 4.28. The lowest BCUT2D eigenvalue weighted by Crippen LogP contribution is -1.99. The Labute approximate surface area is 171 Å². The lowest BCUT2D eigenvalue weighted by molar-refractivity contribution is -0.139. The number of benzene rings is 1. The van der Waals surface area contributed by atoms with Crippen LogP contribution in [-0.2, 0) is 9.53 Å². The van der Waals surface area contributed by atoms with Crippen LogP contribution < -0.4 is 9.47 Å². The summed E-state index contributed by atoms with van der Waals surface area (Å²) in [6, 6.07) is 7.79. The van der Waals surface area contributed by atoms with E-state index in [0.29, 0.717) is 6.61 Å². The Morgan fingerprint density at radius 1 is 0.786 bits per heavy atom. The van der Waals surface area contributed by atoms with E-state index in [9.17, 15) is 4.79 Å². The predicted octanol–water partition coefficient (Wildman–Crippen LogP) is 5.93. The van der Waals surface area contributed by atoms with Gasteiger partial charge in [-0.25, -0.2) is 0 Å². The lowest BCUT2D eigenvalue weighted by Gasteiger charge is -2.08. The van der Waals surface area contributed by atoms with E-state index in [1.165, 1.54) is 51.9 Å². The number of unbranched alkanes of at least 4 members (excludes halogenated alkanes) is 8. The highest BCUT2D eigenvalue weighted by Gasteiger charge is 1.97. The molecule has 0 saturated carbocycles. The van der Waals surface area contributed by atoms with Crippen molar-refractivity contribution < 1.29 is 19.0 Å². The molecule has 1 aromatic carbocycles. The molecule has 0 N–H and O–H groups in total. The van der Waals surface area contributed by atoms with Gasteiger partial charge in [0, 0.05) is 13.3 Å². The minimum Gasteiger partial charge on any atom is -0.494 e. The molecule has 1 rings (SSSR count). The monoisotopic (exact) mass is 388 g/mol. The Bertz CT molecular complexity index is 569. The summed E-state index contributed by atoms with van der Waals surface area (Å²) in [7, 11) is 0. The minimum absolute atomic E-state index is 0.163. The van der Waals surface area contributed by atoms with Crippen LogP contribution in [0.15, 0.2) is 24.3 Å². The van der Waals surface area contributed by atoms with Crippen molar-refractivity contribution in [2.24, 2.45) is 0 Å². The van der Waals surface area contributed by atoms with Crippen molar-refractivity contribution in [2.45, 2.75) is 78.1 Å². The zero-order valence-electron chi connectivity index (χ0n) is 17.6. The van der Waals surface area contributed by atoms with Crippen LogP contribution in [0.5, 0.6) is 11.5 Å². The second kappa shape index (κ2) is 17.0. The minimum atomic E-state index is -0.303. The average Bonchev–Trinajstić information content (AvgIpc) is 2.69. The standard InChI is InChI=1S/C24H36O4/c1-3-4-5-6-7-8-9-13-20-27-23-15-17-24(18-16-23)28-21-14-11-10-12-19-26-22(2)25/h15-18H,3-9,11,13-14,19-21H2,1-2H3. The third kappa shape index (κ3) is 14.0. The van der Waals surface area contributed by atoms with Gasteiger partial charge in [0.2, 0.25) is 0 Å². The number of esters is 1. The molecular weight excluding hydrogens is 352 g/mol. The Balaban J connectivity index is 2.02. The van der Waals surface area contributed by atoms with Gasteiger partial charge >= 0.3 is 5.97 Å². The van der Waals surface area contributed by atoms with E-state index in [0.717, 1.165) is 37.4 Å². The van der Waals surface area contributed by atoms with Crippen LogP contribution >= 0.6 is 0 Å². The van der Waals surface area contributed by atoms with Crippen molar-refractivity contribution in [3.05, 3.63) is 24.3 Å². The van der Waals surface area contributed by atoms with Crippen molar-refractivity contribution >= 4 is 5.97 Å². The fourth-order valence-electron chi connectivity index (χ4n) is 2.69. The summed E-state index contributed by atoms with van der Waals surface area (Å²) in [5.74, 6) is 7.19. The molecule has 0 aliphatic carbocycles. The number of carbonyl (C=O) groups is 1. The zero-order valence-corrected chi connectivity index (χ0v) is 17.6. The summed E-state index contributed by atoms with van der Waals surface area (Å²) in [5.41, 5.74) is 0. The van der Waals surface area contributed by atoms with E-state index in [1.54, 1.807) is 0 Å². The molecule has 0 unspecified atom stereocenters. The van der Waals surface area contributed by atoms with Crippen molar-refractivity contribution in [1.82, 2.24) is 0 Å². The van der Waals surface area contributed by atoms with Crippen molar-refractivity contribution in [3.8, 4) is 23.3 Å². The molecule has 0 fully saturated rings. The average molecular weight is 389 g/mol. The lowest BCUT2D eigenvalue weighted by atomic mass is 10.1. The van der Waals surface area contributed by atoms with Gasteiger partial charge in [-0.3, -0.25) is 4.79 Å². The molecule has 0 radical (unpaired) electrons. The molecular formula is C24H36O4. The SMILES string of the molecule is CCCCCCCCCCOc1ccc(OCCCC#CCOC(C)=O)cc1. The van der Waals surface area contributed by atoms with Crippen LogP contribution in [0.1, 0.15) is 78.1 Å². The largest absolute Gasteiger partial charge is 0.494 e. The maximum absolute atomic E-state index is 10.6. The molecule has 0 aliphatic rings. The molecule has 4 nitrogen and oxygen atoms in total. The third-order valence-electron chi connectivity index (χ3n) is 4.28. The van der Waals surface area contributed by atoms with Crippen LogP contribution in [-0.4, -0.2) is 25.8 Å². The number of carbonyl (C=O) groups excluding carboxylic acids is 1. The van der Waals surface area contributed by atoms with E-state index in [2.05, 4.69) is 18.8 Å². The van der Waals surface area contributed by atoms with Gasteiger partial charge in [-0.05, 0) is 37.1 Å². The second-order valence-corrected chi connectivity index (χ2v) is 6.88. The van der Waals surface area contributed by atoms with Gasteiger partial charge in [0.05, 0.1) is 13.2 Å². The highest BCUT2D eigenvalue weighted by atomic mass is 16.5. The Morgan fingerprint density at radius 3 is 1.89 bits per heavy atom. The molecule has 0 bridgehead atoms. The fourth-order valence-corrected chi connectivity index (χ4v) is 2.69. The normalized spacial score (nSPS) is 10.1. The number of ether oxygens (including phenoxy) is 3. The summed E-state index contributed by atoms with van der Waals surface area (Å²) < 4.78 is 16.2. The summed E-state index contributed by atoms with van der Waals surface area (Å²) in [5, 5.41) is 0. The molecule has 0 aromatic heterocycles. The maximum Gasteiger partial charge on any atom is 0.303 e. The molecule has 0 saturated heterocycles. The van der Waals surface area contributed by atoms with Gasteiger partial charge in [-0.2, -0.15) is 0 Å². The summed E-state index contributed by atoms with van der Waals surface area (Å²) in [6.45, 7) is 5.18. The quantitative estimate of drug-likeness (QED) is 0.212. The molecule has 0 amide bonds. The van der Waals surface area contributed by atoms with Crippen LogP contribution in [0.3, 0.4) is 0 Å². The molecule has 1 aromatic rings. The van der Waals surface area contributed by atoms with Crippen LogP contribution in [0.25, 0.3) is 0 Å². The smallest absolute Gasteiger partial charge is 0.303 e. The first kappa shape index (κ1) is 23.9. The van der Waals surface area contributed by atoms with Crippen molar-refractivity contribution in [2.75, 3.05) is 19.8 Å². The second-order valence-electron chi connectivity index (χ2n) is 6.88. The highest BCUT2D eigenvalue weighted by molar-refractivity contribution is 5.66. The molecule has 0 aliphatic heterocycles. The Kier molecular flexibility index (Phi) is 14.5. The fraction of sp³-hybridized carbons (Fsp3) is 0.625. The van der Waals surface area contributed by atoms with Crippen molar-refractivity contribution in [1.29, 1.82) is 0 Å². The molecule has 28 heavy (non-hydrogen) atoms. The number of hydrogen-bond donors (Lipinski definition) is 0.